The molecular formula is C10H9NO. The molecule has 60 valence electrons. The van der Waals surface area contributed by atoms with Gasteiger partial charge in [-0.15, -0.1) is 0 Å². The van der Waals surface area contributed by atoms with E-state index >= 15 is 0 Å². The summed E-state index contributed by atoms with van der Waals surface area (Å²) < 4.78 is 0. The molecule has 0 radical (unpaired) electrons. The summed E-state index contributed by atoms with van der Waals surface area (Å²) in [7, 11) is 0. The number of nitrogens with zero attached hydrogens (tertiary/aromatic N) is 1. The molecule has 2 heteroatoms. The monoisotopic (exact) mass is 159 g/mol. The first-order chi connectivity index (χ1) is 5.69. The van der Waals surface area contributed by atoms with Crippen molar-refractivity contribution in [3.63, 3.8) is 0 Å². The second-order valence-electron chi connectivity index (χ2n) is 2.75. The van der Waals surface area contributed by atoms with Crippen molar-refractivity contribution in [3.8, 4) is 6.07 Å². The normalized spacial score (nSPS) is 9.08. The van der Waals surface area contributed by atoms with Crippen LogP contribution in [-0.2, 0) is 0 Å². The Balaban J connectivity index is 3.39. The maximum Gasteiger partial charge on any atom is 0.150 e. The summed E-state index contributed by atoms with van der Waals surface area (Å²) in [5.74, 6) is 0. The molecule has 1 aromatic rings. The molecule has 0 atom stereocenters. The van der Waals surface area contributed by atoms with Gasteiger partial charge in [-0.3, -0.25) is 4.79 Å². The zero-order valence-corrected chi connectivity index (χ0v) is 7.09. The molecule has 0 saturated heterocycles. The molecular weight excluding hydrogens is 150 g/mol. The fourth-order valence-electron chi connectivity index (χ4n) is 1.23. The average Bonchev–Trinajstić information content (AvgIpc) is 2.03. The molecule has 0 N–H and O–H groups in total. The molecule has 0 heterocycles. The van der Waals surface area contributed by atoms with Crippen molar-refractivity contribution in [2.75, 3.05) is 0 Å². The van der Waals surface area contributed by atoms with Crippen LogP contribution in [0, 0.1) is 25.2 Å². The van der Waals surface area contributed by atoms with E-state index in [-0.39, 0.29) is 0 Å². The third kappa shape index (κ3) is 1.35. The molecule has 0 aliphatic carbocycles. The summed E-state index contributed by atoms with van der Waals surface area (Å²) in [6, 6.07) is 5.48. The van der Waals surface area contributed by atoms with Gasteiger partial charge in [-0.05, 0) is 37.1 Å². The molecule has 0 fully saturated rings. The topological polar surface area (TPSA) is 40.9 Å². The summed E-state index contributed by atoms with van der Waals surface area (Å²) in [6.07, 6.45) is 0.825. The number of carbonyl (C=O) groups excluding carboxylic acids is 1. The number of nitriles is 1. The molecule has 0 spiro atoms. The van der Waals surface area contributed by atoms with Crippen LogP contribution in [0.1, 0.15) is 27.0 Å². The van der Waals surface area contributed by atoms with Crippen LogP contribution in [0.2, 0.25) is 0 Å². The van der Waals surface area contributed by atoms with Gasteiger partial charge in [0.1, 0.15) is 0 Å². The highest BCUT2D eigenvalue weighted by molar-refractivity contribution is 5.79. The van der Waals surface area contributed by atoms with E-state index in [4.69, 9.17) is 5.26 Å². The van der Waals surface area contributed by atoms with E-state index in [2.05, 4.69) is 0 Å². The first kappa shape index (κ1) is 8.48. The lowest BCUT2D eigenvalue weighted by Gasteiger charge is -2.02. The molecule has 12 heavy (non-hydrogen) atoms. The van der Waals surface area contributed by atoms with Crippen molar-refractivity contribution in [1.82, 2.24) is 0 Å². The molecule has 0 bridgehead atoms. The molecule has 1 rings (SSSR count). The summed E-state index contributed by atoms with van der Waals surface area (Å²) in [6.45, 7) is 3.66. The Bertz CT molecular complexity index is 338. The van der Waals surface area contributed by atoms with Gasteiger partial charge in [0.05, 0.1) is 11.6 Å². The molecule has 0 aliphatic heterocycles. The molecule has 1 aromatic carbocycles. The van der Waals surface area contributed by atoms with Crippen molar-refractivity contribution in [2.45, 2.75) is 13.8 Å². The lowest BCUT2D eigenvalue weighted by molar-refractivity contribution is 0.112. The number of benzene rings is 1. The number of rotatable bonds is 1. The van der Waals surface area contributed by atoms with E-state index in [1.165, 1.54) is 0 Å². The molecule has 0 amide bonds. The average molecular weight is 159 g/mol. The van der Waals surface area contributed by atoms with Gasteiger partial charge in [-0.25, -0.2) is 0 Å². The number of aryl methyl sites for hydroxylation is 2. The van der Waals surface area contributed by atoms with Crippen LogP contribution in [0.4, 0.5) is 0 Å². The Hall–Kier alpha value is -1.62. The molecule has 0 unspecified atom stereocenters. The van der Waals surface area contributed by atoms with Crippen LogP contribution in [0.3, 0.4) is 0 Å². The van der Waals surface area contributed by atoms with Crippen LogP contribution in [0.15, 0.2) is 12.1 Å². The van der Waals surface area contributed by atoms with Crippen molar-refractivity contribution >= 4 is 6.29 Å². The second kappa shape index (κ2) is 3.19. The van der Waals surface area contributed by atoms with E-state index < -0.39 is 0 Å². The van der Waals surface area contributed by atoms with Crippen molar-refractivity contribution < 1.29 is 4.79 Å². The lowest BCUT2D eigenvalue weighted by Crippen LogP contribution is -1.92. The minimum absolute atomic E-state index is 0.607. The van der Waals surface area contributed by atoms with E-state index in [0.29, 0.717) is 11.1 Å². The second-order valence-corrected chi connectivity index (χ2v) is 2.75. The van der Waals surface area contributed by atoms with E-state index in [1.807, 2.05) is 19.9 Å². The first-order valence-corrected chi connectivity index (χ1v) is 3.65. The van der Waals surface area contributed by atoms with Gasteiger partial charge < -0.3 is 0 Å². The van der Waals surface area contributed by atoms with Crippen LogP contribution >= 0.6 is 0 Å². The van der Waals surface area contributed by atoms with Crippen LogP contribution in [0.25, 0.3) is 0 Å². The standard InChI is InChI=1S/C10H9NO/c1-7-3-9(5-11)4-8(2)10(7)6-12/h3-4,6H,1-2H3. The Labute approximate surface area is 71.4 Å². The predicted molar refractivity (Wildman–Crippen MR) is 46.0 cm³/mol. The number of hydrogen-bond donors (Lipinski definition) is 0. The summed E-state index contributed by atoms with van der Waals surface area (Å²) in [5.41, 5.74) is 3.02. The Morgan fingerprint density at radius 2 is 1.83 bits per heavy atom. The Morgan fingerprint density at radius 3 is 2.17 bits per heavy atom. The molecule has 0 aliphatic rings. The predicted octanol–water partition coefficient (Wildman–Crippen LogP) is 1.99. The van der Waals surface area contributed by atoms with Gasteiger partial charge in [0.25, 0.3) is 0 Å². The number of aldehydes is 1. The fraction of sp³-hybridized carbons (Fsp3) is 0.200. The van der Waals surface area contributed by atoms with Gasteiger partial charge in [0, 0.05) is 5.56 Å². The number of hydrogen-bond acceptors (Lipinski definition) is 2. The SMILES string of the molecule is Cc1cc(C#N)cc(C)c1C=O. The fourth-order valence-corrected chi connectivity index (χ4v) is 1.23. The summed E-state index contributed by atoms with van der Waals surface area (Å²) >= 11 is 0. The molecule has 0 aromatic heterocycles. The van der Waals surface area contributed by atoms with Gasteiger partial charge in [0.15, 0.2) is 6.29 Å². The van der Waals surface area contributed by atoms with Crippen LogP contribution in [0.5, 0.6) is 0 Å². The lowest BCUT2D eigenvalue weighted by atomic mass is 10.0. The van der Waals surface area contributed by atoms with Crippen molar-refractivity contribution in [3.05, 3.63) is 34.4 Å². The maximum atomic E-state index is 10.6. The van der Waals surface area contributed by atoms with E-state index in [9.17, 15) is 4.79 Å². The largest absolute Gasteiger partial charge is 0.298 e. The number of carbonyl (C=O) groups is 1. The first-order valence-electron chi connectivity index (χ1n) is 3.65. The van der Waals surface area contributed by atoms with Crippen molar-refractivity contribution in [2.24, 2.45) is 0 Å². The van der Waals surface area contributed by atoms with Gasteiger partial charge in [-0.2, -0.15) is 5.26 Å². The third-order valence-corrected chi connectivity index (χ3v) is 1.84. The van der Waals surface area contributed by atoms with Gasteiger partial charge in [-0.1, -0.05) is 0 Å². The maximum absolute atomic E-state index is 10.6. The summed E-state index contributed by atoms with van der Waals surface area (Å²) in [4.78, 5) is 10.6. The van der Waals surface area contributed by atoms with Crippen molar-refractivity contribution in [1.29, 1.82) is 5.26 Å². The smallest absolute Gasteiger partial charge is 0.150 e. The van der Waals surface area contributed by atoms with Gasteiger partial charge in [0.2, 0.25) is 0 Å². The minimum Gasteiger partial charge on any atom is -0.298 e. The van der Waals surface area contributed by atoms with Gasteiger partial charge >= 0.3 is 0 Å². The highest BCUT2D eigenvalue weighted by atomic mass is 16.1. The minimum atomic E-state index is 0.607. The Morgan fingerprint density at radius 1 is 1.33 bits per heavy atom. The van der Waals surface area contributed by atoms with Crippen LogP contribution < -0.4 is 0 Å². The van der Waals surface area contributed by atoms with Crippen LogP contribution in [-0.4, -0.2) is 6.29 Å². The zero-order valence-electron chi connectivity index (χ0n) is 7.09. The van der Waals surface area contributed by atoms with E-state index in [1.54, 1.807) is 12.1 Å². The highest BCUT2D eigenvalue weighted by Crippen LogP contribution is 2.13. The Kier molecular flexibility index (Phi) is 2.25. The highest BCUT2D eigenvalue weighted by Gasteiger charge is 2.02. The molecule has 0 saturated carbocycles. The quantitative estimate of drug-likeness (QED) is 0.588. The molecule has 2 nitrogen and oxygen atoms in total. The van der Waals surface area contributed by atoms with E-state index in [0.717, 1.165) is 17.4 Å². The zero-order chi connectivity index (χ0) is 9.14. The summed E-state index contributed by atoms with van der Waals surface area (Å²) in [5, 5.41) is 8.61. The third-order valence-electron chi connectivity index (χ3n) is 1.84.